The Labute approximate surface area is 115 Å². The van der Waals surface area contributed by atoms with Crippen molar-refractivity contribution in [1.82, 2.24) is 10.3 Å². The minimum atomic E-state index is -0.188. The molecule has 0 aliphatic carbocycles. The van der Waals surface area contributed by atoms with E-state index >= 15 is 0 Å². The number of pyridine rings is 1. The number of carbonyl (C=O) groups excluding carboxylic acids is 1. The molecule has 0 radical (unpaired) electrons. The van der Waals surface area contributed by atoms with Crippen LogP contribution in [0.5, 0.6) is 0 Å². The van der Waals surface area contributed by atoms with Crippen LogP contribution in [-0.2, 0) is 0 Å². The first kappa shape index (κ1) is 14.4. The van der Waals surface area contributed by atoms with Crippen LogP contribution in [0.15, 0.2) is 18.5 Å². The quantitative estimate of drug-likeness (QED) is 0.798. The van der Waals surface area contributed by atoms with E-state index in [2.05, 4.69) is 46.7 Å². The summed E-state index contributed by atoms with van der Waals surface area (Å²) in [6.07, 6.45) is 4.00. The summed E-state index contributed by atoms with van der Waals surface area (Å²) < 4.78 is 0.809. The highest BCUT2D eigenvalue weighted by molar-refractivity contribution is 14.1. The molecule has 0 saturated heterocycles. The SMILES string of the molecule is CC(C)CC(CO)NC(=O)c1ccncc1I. The average molecular weight is 348 g/mol. The van der Waals surface area contributed by atoms with Crippen LogP contribution in [0, 0.1) is 9.49 Å². The number of aliphatic hydroxyl groups is 1. The monoisotopic (exact) mass is 348 g/mol. The maximum Gasteiger partial charge on any atom is 0.252 e. The minimum absolute atomic E-state index is 0.0361. The maximum atomic E-state index is 12.0. The molecule has 1 amide bonds. The molecular formula is C12H17IN2O2. The molecule has 0 aromatic carbocycles. The van der Waals surface area contributed by atoms with Gasteiger partial charge in [-0.25, -0.2) is 0 Å². The lowest BCUT2D eigenvalue weighted by molar-refractivity contribution is 0.0907. The second kappa shape index (κ2) is 6.90. The molecule has 1 aromatic rings. The lowest BCUT2D eigenvalue weighted by Crippen LogP contribution is -2.38. The van der Waals surface area contributed by atoms with Crippen molar-refractivity contribution in [3.63, 3.8) is 0 Å². The van der Waals surface area contributed by atoms with E-state index in [9.17, 15) is 9.90 Å². The summed E-state index contributed by atoms with van der Waals surface area (Å²) in [5.41, 5.74) is 0.600. The van der Waals surface area contributed by atoms with Gasteiger partial charge in [0.05, 0.1) is 18.2 Å². The van der Waals surface area contributed by atoms with Gasteiger partial charge in [-0.05, 0) is 41.0 Å². The molecule has 0 spiro atoms. The van der Waals surface area contributed by atoms with Gasteiger partial charge in [-0.1, -0.05) is 13.8 Å². The number of aliphatic hydroxyl groups excluding tert-OH is 1. The van der Waals surface area contributed by atoms with Gasteiger partial charge in [0.15, 0.2) is 0 Å². The second-order valence-electron chi connectivity index (χ2n) is 4.34. The van der Waals surface area contributed by atoms with Crippen LogP contribution in [-0.4, -0.2) is 28.6 Å². The van der Waals surface area contributed by atoms with E-state index in [-0.39, 0.29) is 18.6 Å². The van der Waals surface area contributed by atoms with Gasteiger partial charge in [0.25, 0.3) is 5.91 Å². The highest BCUT2D eigenvalue weighted by Crippen LogP contribution is 2.11. The average Bonchev–Trinajstić information content (AvgIpc) is 2.27. The van der Waals surface area contributed by atoms with Crippen molar-refractivity contribution in [1.29, 1.82) is 0 Å². The zero-order valence-electron chi connectivity index (χ0n) is 9.98. The van der Waals surface area contributed by atoms with Crippen LogP contribution in [0.4, 0.5) is 0 Å². The van der Waals surface area contributed by atoms with Gasteiger partial charge in [-0.15, -0.1) is 0 Å². The fourth-order valence-electron chi connectivity index (χ4n) is 1.57. The van der Waals surface area contributed by atoms with Crippen molar-refractivity contribution in [2.75, 3.05) is 6.61 Å². The molecule has 0 fully saturated rings. The summed E-state index contributed by atoms with van der Waals surface area (Å²) >= 11 is 2.07. The second-order valence-corrected chi connectivity index (χ2v) is 5.50. The molecule has 94 valence electrons. The van der Waals surface area contributed by atoms with E-state index in [0.717, 1.165) is 9.99 Å². The molecule has 4 nitrogen and oxygen atoms in total. The summed E-state index contributed by atoms with van der Waals surface area (Å²) in [5.74, 6) is 0.278. The van der Waals surface area contributed by atoms with Crippen LogP contribution in [0.3, 0.4) is 0 Å². The summed E-state index contributed by atoms with van der Waals surface area (Å²) in [5, 5.41) is 12.0. The first-order chi connectivity index (χ1) is 8.04. The largest absolute Gasteiger partial charge is 0.394 e. The van der Waals surface area contributed by atoms with E-state index in [1.54, 1.807) is 18.5 Å². The minimum Gasteiger partial charge on any atom is -0.394 e. The van der Waals surface area contributed by atoms with Crippen LogP contribution in [0.25, 0.3) is 0 Å². The van der Waals surface area contributed by atoms with E-state index < -0.39 is 0 Å². The number of carbonyl (C=O) groups is 1. The number of aromatic nitrogens is 1. The molecule has 1 rings (SSSR count). The predicted octanol–water partition coefficient (Wildman–Crippen LogP) is 1.82. The fourth-order valence-corrected chi connectivity index (χ4v) is 2.16. The van der Waals surface area contributed by atoms with Crippen molar-refractivity contribution in [2.24, 2.45) is 5.92 Å². The van der Waals surface area contributed by atoms with Crippen LogP contribution in [0.2, 0.25) is 0 Å². The van der Waals surface area contributed by atoms with Crippen molar-refractivity contribution in [2.45, 2.75) is 26.3 Å². The Morgan fingerprint density at radius 3 is 2.82 bits per heavy atom. The van der Waals surface area contributed by atoms with E-state index in [1.165, 1.54) is 0 Å². The topological polar surface area (TPSA) is 62.2 Å². The predicted molar refractivity (Wildman–Crippen MR) is 74.7 cm³/mol. The summed E-state index contributed by atoms with van der Waals surface area (Å²) in [6.45, 7) is 4.08. The third kappa shape index (κ3) is 4.59. The van der Waals surface area contributed by atoms with Crippen molar-refractivity contribution in [3.8, 4) is 0 Å². The Balaban J connectivity index is 2.68. The third-order valence-corrected chi connectivity index (χ3v) is 3.19. The number of amides is 1. The molecule has 2 N–H and O–H groups in total. The third-order valence-electron chi connectivity index (χ3n) is 2.33. The van der Waals surface area contributed by atoms with Gasteiger partial charge in [0.1, 0.15) is 0 Å². The molecule has 0 saturated carbocycles. The standard InChI is InChI=1S/C12H17IN2O2/c1-8(2)5-9(7-16)15-12(17)10-3-4-14-6-11(10)13/h3-4,6,8-9,16H,5,7H2,1-2H3,(H,15,17). The van der Waals surface area contributed by atoms with Crippen LogP contribution >= 0.6 is 22.6 Å². The Hall–Kier alpha value is -0.690. The Bertz CT molecular complexity index is 383. The number of nitrogens with one attached hydrogen (secondary N) is 1. The van der Waals surface area contributed by atoms with Crippen molar-refractivity contribution in [3.05, 3.63) is 27.6 Å². The highest BCUT2D eigenvalue weighted by Gasteiger charge is 2.15. The lowest BCUT2D eigenvalue weighted by Gasteiger charge is -2.18. The number of halogens is 1. The van der Waals surface area contributed by atoms with Gasteiger partial charge >= 0.3 is 0 Å². The van der Waals surface area contributed by atoms with Crippen LogP contribution < -0.4 is 5.32 Å². The van der Waals surface area contributed by atoms with Crippen LogP contribution in [0.1, 0.15) is 30.6 Å². The molecule has 5 heteroatoms. The Kier molecular flexibility index (Phi) is 5.84. The first-order valence-electron chi connectivity index (χ1n) is 5.55. The summed E-state index contributed by atoms with van der Waals surface area (Å²) in [4.78, 5) is 15.9. The molecule has 1 aromatic heterocycles. The van der Waals surface area contributed by atoms with Crippen molar-refractivity contribution < 1.29 is 9.90 Å². The molecule has 1 unspecified atom stereocenters. The maximum absolute atomic E-state index is 12.0. The van der Waals surface area contributed by atoms with Crippen molar-refractivity contribution >= 4 is 28.5 Å². The number of hydrogen-bond acceptors (Lipinski definition) is 3. The number of rotatable bonds is 5. The molecule has 1 heterocycles. The molecule has 0 aliphatic rings. The lowest BCUT2D eigenvalue weighted by atomic mass is 10.0. The molecule has 1 atom stereocenters. The molecule has 0 bridgehead atoms. The van der Waals surface area contributed by atoms with E-state index in [1.807, 2.05) is 0 Å². The highest BCUT2D eigenvalue weighted by atomic mass is 127. The van der Waals surface area contributed by atoms with Gasteiger partial charge in [-0.2, -0.15) is 0 Å². The fraction of sp³-hybridized carbons (Fsp3) is 0.500. The zero-order valence-corrected chi connectivity index (χ0v) is 12.1. The number of hydrogen-bond donors (Lipinski definition) is 2. The molecule has 0 aliphatic heterocycles. The van der Waals surface area contributed by atoms with E-state index in [4.69, 9.17) is 0 Å². The summed E-state index contributed by atoms with van der Waals surface area (Å²) in [7, 11) is 0. The van der Waals surface area contributed by atoms with Gasteiger partial charge < -0.3 is 10.4 Å². The first-order valence-corrected chi connectivity index (χ1v) is 6.63. The van der Waals surface area contributed by atoms with Gasteiger partial charge in [0, 0.05) is 16.0 Å². The van der Waals surface area contributed by atoms with E-state index in [0.29, 0.717) is 11.5 Å². The summed E-state index contributed by atoms with van der Waals surface area (Å²) in [6, 6.07) is 1.49. The smallest absolute Gasteiger partial charge is 0.252 e. The molecule has 17 heavy (non-hydrogen) atoms. The Morgan fingerprint density at radius 2 is 2.29 bits per heavy atom. The van der Waals surface area contributed by atoms with Gasteiger partial charge in [-0.3, -0.25) is 9.78 Å². The normalized spacial score (nSPS) is 12.5. The zero-order chi connectivity index (χ0) is 12.8. The molecular weight excluding hydrogens is 331 g/mol. The Morgan fingerprint density at radius 1 is 1.59 bits per heavy atom. The number of nitrogens with zero attached hydrogens (tertiary/aromatic N) is 1. The van der Waals surface area contributed by atoms with Gasteiger partial charge in [0.2, 0.25) is 0 Å².